The molecule has 4 unspecified atom stereocenters. The molecule has 0 spiro atoms. The molecular weight excluding hydrogens is 204 g/mol. The number of carbonyl (C=O) groups excluding carboxylic acids is 1. The van der Waals surface area contributed by atoms with Gasteiger partial charge in [-0.05, 0) is 32.6 Å². The number of aliphatic hydroxyl groups is 1. The van der Waals surface area contributed by atoms with Crippen molar-refractivity contribution in [3.05, 3.63) is 0 Å². The van der Waals surface area contributed by atoms with E-state index in [0.717, 1.165) is 25.9 Å². The summed E-state index contributed by atoms with van der Waals surface area (Å²) in [5, 5.41) is 12.7. The number of nitrogens with zero attached hydrogens (tertiary/aromatic N) is 1. The molecule has 0 aromatic rings. The highest BCUT2D eigenvalue weighted by Gasteiger charge is 2.43. The van der Waals surface area contributed by atoms with Crippen LogP contribution in [0.1, 0.15) is 26.7 Å². The van der Waals surface area contributed by atoms with Crippen LogP contribution in [0.2, 0.25) is 0 Å². The van der Waals surface area contributed by atoms with Crippen LogP contribution in [-0.4, -0.2) is 47.7 Å². The molecule has 4 nitrogen and oxygen atoms in total. The van der Waals surface area contributed by atoms with E-state index in [4.69, 9.17) is 0 Å². The van der Waals surface area contributed by atoms with Crippen LogP contribution in [0.4, 0.5) is 0 Å². The van der Waals surface area contributed by atoms with Gasteiger partial charge in [0.1, 0.15) is 0 Å². The first-order valence-corrected chi connectivity index (χ1v) is 6.33. The van der Waals surface area contributed by atoms with Crippen LogP contribution in [0.3, 0.4) is 0 Å². The van der Waals surface area contributed by atoms with Crippen molar-refractivity contribution in [1.82, 2.24) is 10.2 Å². The Balaban J connectivity index is 1.91. The van der Waals surface area contributed by atoms with E-state index in [9.17, 15) is 9.90 Å². The molecule has 2 rings (SSSR count). The van der Waals surface area contributed by atoms with Crippen molar-refractivity contribution in [3.63, 3.8) is 0 Å². The van der Waals surface area contributed by atoms with Crippen molar-refractivity contribution in [2.45, 2.75) is 38.8 Å². The number of carbonyl (C=O) groups is 1. The van der Waals surface area contributed by atoms with Gasteiger partial charge in [-0.25, -0.2) is 0 Å². The maximum Gasteiger partial charge on any atom is 0.237 e. The Morgan fingerprint density at radius 1 is 1.50 bits per heavy atom. The van der Waals surface area contributed by atoms with Crippen LogP contribution < -0.4 is 5.32 Å². The lowest BCUT2D eigenvalue weighted by atomic mass is 10.00. The number of rotatable bonds is 3. The smallest absolute Gasteiger partial charge is 0.237 e. The van der Waals surface area contributed by atoms with Gasteiger partial charge in [-0.1, -0.05) is 0 Å². The number of fused-ring (bicyclic) bond motifs is 1. The topological polar surface area (TPSA) is 52.6 Å². The summed E-state index contributed by atoms with van der Waals surface area (Å²) >= 11 is 0. The van der Waals surface area contributed by atoms with Gasteiger partial charge in [-0.3, -0.25) is 9.69 Å². The van der Waals surface area contributed by atoms with E-state index in [1.807, 2.05) is 13.8 Å². The zero-order valence-corrected chi connectivity index (χ0v) is 10.1. The van der Waals surface area contributed by atoms with Crippen LogP contribution in [0.15, 0.2) is 0 Å². The number of hydrogen-bond acceptors (Lipinski definition) is 3. The van der Waals surface area contributed by atoms with Crippen molar-refractivity contribution in [2.75, 3.05) is 19.6 Å². The Labute approximate surface area is 97.0 Å². The van der Waals surface area contributed by atoms with Crippen molar-refractivity contribution < 1.29 is 9.90 Å². The average molecular weight is 226 g/mol. The lowest BCUT2D eigenvalue weighted by molar-refractivity contribution is -0.125. The summed E-state index contributed by atoms with van der Waals surface area (Å²) in [6.45, 7) is 6.43. The Morgan fingerprint density at radius 3 is 2.88 bits per heavy atom. The summed E-state index contributed by atoms with van der Waals surface area (Å²) in [6.07, 6.45) is 1.92. The molecular formula is C12H22N2O2. The third kappa shape index (κ3) is 2.09. The highest BCUT2D eigenvalue weighted by molar-refractivity contribution is 5.81. The molecule has 0 aromatic carbocycles. The summed E-state index contributed by atoms with van der Waals surface area (Å²) in [4.78, 5) is 13.9. The second-order valence-electron chi connectivity index (χ2n) is 5.09. The maximum absolute atomic E-state index is 11.7. The second kappa shape index (κ2) is 4.72. The van der Waals surface area contributed by atoms with E-state index in [1.54, 1.807) is 0 Å². The van der Waals surface area contributed by atoms with Crippen LogP contribution in [0.25, 0.3) is 0 Å². The predicted molar refractivity (Wildman–Crippen MR) is 61.9 cm³/mol. The van der Waals surface area contributed by atoms with E-state index in [1.165, 1.54) is 0 Å². The van der Waals surface area contributed by atoms with Crippen LogP contribution in [0.5, 0.6) is 0 Å². The minimum Gasteiger partial charge on any atom is -0.393 e. The molecule has 4 heteroatoms. The highest BCUT2D eigenvalue weighted by atomic mass is 16.3. The molecule has 0 bridgehead atoms. The van der Waals surface area contributed by atoms with Gasteiger partial charge in [0.05, 0.1) is 12.1 Å². The molecule has 0 radical (unpaired) electrons. The molecule has 1 aliphatic heterocycles. The molecule has 16 heavy (non-hydrogen) atoms. The molecule has 2 aliphatic rings. The molecule has 0 aromatic heterocycles. The van der Waals surface area contributed by atoms with E-state index in [2.05, 4.69) is 10.2 Å². The first-order valence-electron chi connectivity index (χ1n) is 6.33. The highest BCUT2D eigenvalue weighted by Crippen LogP contribution is 2.38. The zero-order chi connectivity index (χ0) is 11.7. The molecule has 92 valence electrons. The third-order valence-corrected chi connectivity index (χ3v) is 4.13. The lowest BCUT2D eigenvalue weighted by Gasteiger charge is -2.24. The largest absolute Gasteiger partial charge is 0.393 e. The van der Waals surface area contributed by atoms with Crippen molar-refractivity contribution in [1.29, 1.82) is 0 Å². The van der Waals surface area contributed by atoms with Gasteiger partial charge >= 0.3 is 0 Å². The molecule has 4 atom stereocenters. The number of hydrogen-bond donors (Lipinski definition) is 2. The Morgan fingerprint density at radius 2 is 2.25 bits per heavy atom. The van der Waals surface area contributed by atoms with Crippen molar-refractivity contribution in [3.8, 4) is 0 Å². The standard InChI is InChI=1S/C12H22N2O2/c1-3-13-12(16)8(2)14-6-9-4-5-11(15)10(9)7-14/h8-11,15H,3-7H2,1-2H3,(H,13,16). The Bertz CT molecular complexity index is 270. The number of nitrogens with one attached hydrogen (secondary N) is 1. The van der Waals surface area contributed by atoms with E-state index in [-0.39, 0.29) is 18.1 Å². The molecule has 2 N–H and O–H groups in total. The summed E-state index contributed by atoms with van der Waals surface area (Å²) in [6, 6.07) is -0.0576. The summed E-state index contributed by atoms with van der Waals surface area (Å²) in [5.74, 6) is 1.11. The van der Waals surface area contributed by atoms with Gasteiger partial charge in [-0.15, -0.1) is 0 Å². The van der Waals surface area contributed by atoms with Crippen LogP contribution >= 0.6 is 0 Å². The quantitative estimate of drug-likeness (QED) is 0.723. The van der Waals surface area contributed by atoms with Crippen molar-refractivity contribution in [2.24, 2.45) is 11.8 Å². The molecule has 2 fully saturated rings. The molecule has 1 heterocycles. The van der Waals surface area contributed by atoms with Gasteiger partial charge < -0.3 is 10.4 Å². The monoisotopic (exact) mass is 226 g/mol. The van der Waals surface area contributed by atoms with Crippen molar-refractivity contribution >= 4 is 5.91 Å². The zero-order valence-electron chi connectivity index (χ0n) is 10.1. The second-order valence-corrected chi connectivity index (χ2v) is 5.09. The van der Waals surface area contributed by atoms with Gasteiger partial charge in [0.2, 0.25) is 5.91 Å². The Kier molecular flexibility index (Phi) is 3.50. The number of likely N-dealkylation sites (N-methyl/N-ethyl adjacent to an activating group) is 1. The average Bonchev–Trinajstić information content (AvgIpc) is 2.81. The predicted octanol–water partition coefficient (Wildman–Crippen LogP) is 0.214. The first-order chi connectivity index (χ1) is 7.63. The normalized spacial score (nSPS) is 36.1. The van der Waals surface area contributed by atoms with Gasteiger partial charge in [0.15, 0.2) is 0 Å². The number of likely N-dealkylation sites (tertiary alicyclic amines) is 1. The van der Waals surface area contributed by atoms with Gasteiger partial charge in [-0.2, -0.15) is 0 Å². The third-order valence-electron chi connectivity index (χ3n) is 4.13. The number of aliphatic hydroxyl groups excluding tert-OH is 1. The van der Waals surface area contributed by atoms with E-state index in [0.29, 0.717) is 18.4 Å². The van der Waals surface area contributed by atoms with Gasteiger partial charge in [0, 0.05) is 25.6 Å². The number of amides is 1. The van der Waals surface area contributed by atoms with E-state index >= 15 is 0 Å². The van der Waals surface area contributed by atoms with Crippen LogP contribution in [-0.2, 0) is 4.79 Å². The minimum absolute atomic E-state index is 0.0576. The molecule has 1 saturated carbocycles. The molecule has 1 aliphatic carbocycles. The Hall–Kier alpha value is -0.610. The van der Waals surface area contributed by atoms with Crippen LogP contribution in [0, 0.1) is 11.8 Å². The van der Waals surface area contributed by atoms with Gasteiger partial charge in [0.25, 0.3) is 0 Å². The first kappa shape index (κ1) is 11.9. The minimum atomic E-state index is -0.142. The van der Waals surface area contributed by atoms with E-state index < -0.39 is 0 Å². The fourth-order valence-corrected chi connectivity index (χ4v) is 3.08. The summed E-state index contributed by atoms with van der Waals surface area (Å²) in [5.41, 5.74) is 0. The lowest BCUT2D eigenvalue weighted by Crippen LogP contribution is -2.44. The summed E-state index contributed by atoms with van der Waals surface area (Å²) < 4.78 is 0. The molecule has 1 saturated heterocycles. The fourth-order valence-electron chi connectivity index (χ4n) is 3.08. The maximum atomic E-state index is 11.7. The SMILES string of the molecule is CCNC(=O)C(C)N1CC2CCC(O)C2C1. The summed E-state index contributed by atoms with van der Waals surface area (Å²) in [7, 11) is 0. The molecule has 1 amide bonds. The fraction of sp³-hybridized carbons (Fsp3) is 0.917.